The van der Waals surface area contributed by atoms with Gasteiger partial charge in [0.05, 0.1) is 0 Å². The minimum absolute atomic E-state index is 0.502. The van der Waals surface area contributed by atoms with E-state index >= 15 is 0 Å². The average molecular weight is 274 g/mol. The van der Waals surface area contributed by atoms with Crippen molar-refractivity contribution in [1.29, 1.82) is 0 Å². The monoisotopic (exact) mass is 274 g/mol. The van der Waals surface area contributed by atoms with Crippen LogP contribution in [0.25, 0.3) is 0 Å². The van der Waals surface area contributed by atoms with E-state index in [1.807, 2.05) is 0 Å². The van der Waals surface area contributed by atoms with E-state index in [9.17, 15) is 0 Å². The SMILES string of the molecule is CCN(CC)C(CNC1CCC(C)C1)c1ccccc1. The molecule has 3 atom stereocenters. The van der Waals surface area contributed by atoms with Gasteiger partial charge in [0.15, 0.2) is 0 Å². The summed E-state index contributed by atoms with van der Waals surface area (Å²) in [5.74, 6) is 0.899. The Hall–Kier alpha value is -0.860. The summed E-state index contributed by atoms with van der Waals surface area (Å²) in [7, 11) is 0. The molecule has 3 unspecified atom stereocenters. The maximum atomic E-state index is 3.82. The predicted octanol–water partition coefficient (Wildman–Crippen LogP) is 3.85. The third-order valence-electron chi connectivity index (χ3n) is 4.73. The summed E-state index contributed by atoms with van der Waals surface area (Å²) < 4.78 is 0. The summed E-state index contributed by atoms with van der Waals surface area (Å²) in [6, 6.07) is 12.2. The number of benzene rings is 1. The Morgan fingerprint density at radius 1 is 1.15 bits per heavy atom. The van der Waals surface area contributed by atoms with E-state index in [1.54, 1.807) is 0 Å². The number of hydrogen-bond donors (Lipinski definition) is 1. The zero-order chi connectivity index (χ0) is 14.4. The lowest BCUT2D eigenvalue weighted by molar-refractivity contribution is 0.208. The van der Waals surface area contributed by atoms with Gasteiger partial charge in [-0.05, 0) is 43.8 Å². The molecule has 1 aliphatic carbocycles. The molecule has 0 spiro atoms. The lowest BCUT2D eigenvalue weighted by atomic mass is 10.0. The molecule has 0 aromatic heterocycles. The van der Waals surface area contributed by atoms with Crippen molar-refractivity contribution in [3.05, 3.63) is 35.9 Å². The third kappa shape index (κ3) is 4.07. The number of rotatable bonds is 7. The van der Waals surface area contributed by atoms with Gasteiger partial charge in [0, 0.05) is 18.6 Å². The first-order valence-electron chi connectivity index (χ1n) is 8.27. The van der Waals surface area contributed by atoms with Crippen molar-refractivity contribution in [3.8, 4) is 0 Å². The number of nitrogens with zero attached hydrogens (tertiary/aromatic N) is 1. The lowest BCUT2D eigenvalue weighted by Gasteiger charge is -2.31. The van der Waals surface area contributed by atoms with Gasteiger partial charge < -0.3 is 5.32 Å². The molecule has 0 saturated heterocycles. The minimum atomic E-state index is 0.502. The highest BCUT2D eigenvalue weighted by Gasteiger charge is 2.23. The number of likely N-dealkylation sites (N-methyl/N-ethyl adjacent to an activating group) is 1. The van der Waals surface area contributed by atoms with Gasteiger partial charge in [-0.15, -0.1) is 0 Å². The molecule has 0 heterocycles. The molecule has 2 heteroatoms. The molecule has 0 amide bonds. The van der Waals surface area contributed by atoms with Gasteiger partial charge in [-0.1, -0.05) is 51.1 Å². The molecule has 1 aliphatic rings. The highest BCUT2D eigenvalue weighted by Crippen LogP contribution is 2.26. The largest absolute Gasteiger partial charge is 0.312 e. The van der Waals surface area contributed by atoms with Gasteiger partial charge in [0.25, 0.3) is 0 Å². The van der Waals surface area contributed by atoms with Crippen molar-refractivity contribution in [1.82, 2.24) is 10.2 Å². The second-order valence-corrected chi connectivity index (χ2v) is 6.17. The second-order valence-electron chi connectivity index (χ2n) is 6.17. The van der Waals surface area contributed by atoms with Crippen molar-refractivity contribution in [2.75, 3.05) is 19.6 Å². The Balaban J connectivity index is 1.99. The van der Waals surface area contributed by atoms with Crippen LogP contribution < -0.4 is 5.32 Å². The molecule has 0 aliphatic heterocycles. The molecule has 1 aromatic rings. The normalized spacial score (nSPS) is 24.2. The van der Waals surface area contributed by atoms with Gasteiger partial charge in [0.2, 0.25) is 0 Å². The average Bonchev–Trinajstić information content (AvgIpc) is 2.90. The fourth-order valence-electron chi connectivity index (χ4n) is 3.47. The molecular weight excluding hydrogens is 244 g/mol. The fraction of sp³-hybridized carbons (Fsp3) is 0.667. The highest BCUT2D eigenvalue weighted by atomic mass is 15.2. The molecule has 0 radical (unpaired) electrons. The molecule has 1 fully saturated rings. The zero-order valence-electron chi connectivity index (χ0n) is 13.3. The highest BCUT2D eigenvalue weighted by molar-refractivity contribution is 5.19. The van der Waals surface area contributed by atoms with Crippen LogP contribution in [0, 0.1) is 5.92 Å². The van der Waals surface area contributed by atoms with Crippen LogP contribution in [0.3, 0.4) is 0 Å². The van der Waals surface area contributed by atoms with E-state index in [0.29, 0.717) is 6.04 Å². The van der Waals surface area contributed by atoms with Crippen molar-refractivity contribution < 1.29 is 0 Å². The van der Waals surface area contributed by atoms with Gasteiger partial charge in [-0.2, -0.15) is 0 Å². The molecule has 1 N–H and O–H groups in total. The van der Waals surface area contributed by atoms with Crippen LogP contribution in [0.4, 0.5) is 0 Å². The first-order chi connectivity index (χ1) is 9.74. The Bertz CT molecular complexity index is 372. The van der Waals surface area contributed by atoms with E-state index in [-0.39, 0.29) is 0 Å². The van der Waals surface area contributed by atoms with Crippen LogP contribution in [-0.2, 0) is 0 Å². The third-order valence-corrected chi connectivity index (χ3v) is 4.73. The van der Waals surface area contributed by atoms with Crippen LogP contribution in [0.15, 0.2) is 30.3 Å². The van der Waals surface area contributed by atoms with Crippen LogP contribution in [-0.4, -0.2) is 30.6 Å². The Morgan fingerprint density at radius 3 is 2.40 bits per heavy atom. The maximum absolute atomic E-state index is 3.82. The summed E-state index contributed by atoms with van der Waals surface area (Å²) in [5, 5.41) is 3.82. The smallest absolute Gasteiger partial charge is 0.0472 e. The fourth-order valence-corrected chi connectivity index (χ4v) is 3.47. The predicted molar refractivity (Wildman–Crippen MR) is 86.9 cm³/mol. The second kappa shape index (κ2) is 7.80. The van der Waals surface area contributed by atoms with Crippen LogP contribution in [0.2, 0.25) is 0 Å². The molecule has 2 rings (SSSR count). The Labute approximate surface area is 124 Å². The van der Waals surface area contributed by atoms with Crippen molar-refractivity contribution >= 4 is 0 Å². The van der Waals surface area contributed by atoms with E-state index < -0.39 is 0 Å². The molecule has 2 nitrogen and oxygen atoms in total. The topological polar surface area (TPSA) is 15.3 Å². The van der Waals surface area contributed by atoms with Crippen LogP contribution >= 0.6 is 0 Å². The van der Waals surface area contributed by atoms with E-state index in [2.05, 4.69) is 61.3 Å². The zero-order valence-corrected chi connectivity index (χ0v) is 13.3. The Kier molecular flexibility index (Phi) is 6.06. The van der Waals surface area contributed by atoms with Crippen molar-refractivity contribution in [2.45, 2.75) is 52.1 Å². The van der Waals surface area contributed by atoms with E-state index in [0.717, 1.165) is 31.6 Å². The van der Waals surface area contributed by atoms with Crippen molar-refractivity contribution in [3.63, 3.8) is 0 Å². The maximum Gasteiger partial charge on any atom is 0.0472 e. The summed E-state index contributed by atoms with van der Waals surface area (Å²) in [6.45, 7) is 10.2. The van der Waals surface area contributed by atoms with Gasteiger partial charge in [-0.25, -0.2) is 0 Å². The standard InChI is InChI=1S/C18H30N2/c1-4-20(5-2)18(16-9-7-6-8-10-16)14-19-17-12-11-15(3)13-17/h6-10,15,17-19H,4-5,11-14H2,1-3H3. The number of hydrogen-bond acceptors (Lipinski definition) is 2. The summed E-state index contributed by atoms with van der Waals surface area (Å²) in [5.41, 5.74) is 1.44. The molecule has 112 valence electrons. The first kappa shape index (κ1) is 15.5. The molecule has 20 heavy (non-hydrogen) atoms. The van der Waals surface area contributed by atoms with E-state index in [4.69, 9.17) is 0 Å². The van der Waals surface area contributed by atoms with Crippen molar-refractivity contribution in [2.24, 2.45) is 5.92 Å². The number of nitrogens with one attached hydrogen (secondary N) is 1. The van der Waals surface area contributed by atoms with Gasteiger partial charge in [-0.3, -0.25) is 4.90 Å². The first-order valence-corrected chi connectivity index (χ1v) is 8.27. The quantitative estimate of drug-likeness (QED) is 0.812. The van der Waals surface area contributed by atoms with Gasteiger partial charge in [0.1, 0.15) is 0 Å². The molecule has 1 saturated carbocycles. The summed E-state index contributed by atoms with van der Waals surface area (Å²) in [4.78, 5) is 2.56. The molecular formula is C18H30N2. The molecule has 0 bridgehead atoms. The Morgan fingerprint density at radius 2 is 1.85 bits per heavy atom. The summed E-state index contributed by atoms with van der Waals surface area (Å²) >= 11 is 0. The molecule has 1 aromatic carbocycles. The van der Waals surface area contributed by atoms with Crippen LogP contribution in [0.1, 0.15) is 51.6 Å². The lowest BCUT2D eigenvalue weighted by Crippen LogP contribution is -2.39. The minimum Gasteiger partial charge on any atom is -0.312 e. The van der Waals surface area contributed by atoms with Gasteiger partial charge >= 0.3 is 0 Å². The van der Waals surface area contributed by atoms with Crippen LogP contribution in [0.5, 0.6) is 0 Å². The van der Waals surface area contributed by atoms with E-state index in [1.165, 1.54) is 24.8 Å². The summed E-state index contributed by atoms with van der Waals surface area (Å²) in [6.07, 6.45) is 4.08.